The normalized spacial score (nSPS) is 12.3. The number of aromatic nitrogens is 3. The second-order valence-corrected chi connectivity index (χ2v) is 12.5. The zero-order valence-corrected chi connectivity index (χ0v) is 20.1. The number of nitrogens with zero attached hydrogens (tertiary/aromatic N) is 4. The number of halogens is 1. The summed E-state index contributed by atoms with van der Waals surface area (Å²) in [6, 6.07) is 17.3. The van der Waals surface area contributed by atoms with Gasteiger partial charge in [0.1, 0.15) is 0 Å². The maximum Gasteiger partial charge on any atom is 0.255 e. The molecule has 6 nitrogen and oxygen atoms in total. The lowest BCUT2D eigenvalue weighted by Crippen LogP contribution is -2.03. The SMILES string of the molecule is CCOP(=S)(OCC)Sc1nnc(-c2ccccc2Cl)n1/N=C(\C)c1ccccc1. The molecule has 0 fully saturated rings. The molecule has 1 heterocycles. The minimum Gasteiger partial charge on any atom is -0.322 e. The Kier molecular flexibility index (Phi) is 8.22. The number of hydrogen-bond acceptors (Lipinski definition) is 7. The van der Waals surface area contributed by atoms with Crippen molar-refractivity contribution in [1.29, 1.82) is 0 Å². The van der Waals surface area contributed by atoms with Crippen molar-refractivity contribution in [3.8, 4) is 11.4 Å². The summed E-state index contributed by atoms with van der Waals surface area (Å²) in [6.07, 6.45) is 0. The van der Waals surface area contributed by atoms with Gasteiger partial charge in [-0.1, -0.05) is 54.1 Å². The molecular formula is C20H22ClN4O2PS2. The largest absolute Gasteiger partial charge is 0.322 e. The molecule has 0 aliphatic heterocycles. The molecule has 0 atom stereocenters. The van der Waals surface area contributed by atoms with E-state index in [2.05, 4.69) is 10.2 Å². The molecule has 3 aromatic rings. The molecule has 30 heavy (non-hydrogen) atoms. The fourth-order valence-electron chi connectivity index (χ4n) is 2.62. The Morgan fingerprint density at radius 1 is 1.07 bits per heavy atom. The first-order valence-electron chi connectivity index (χ1n) is 9.37. The molecule has 0 N–H and O–H groups in total. The molecule has 0 saturated carbocycles. The number of rotatable bonds is 9. The van der Waals surface area contributed by atoms with Crippen LogP contribution in [0.2, 0.25) is 5.02 Å². The molecule has 158 valence electrons. The van der Waals surface area contributed by atoms with Crippen LogP contribution in [0.15, 0.2) is 64.9 Å². The van der Waals surface area contributed by atoms with Crippen molar-refractivity contribution >= 4 is 46.2 Å². The zero-order chi connectivity index (χ0) is 21.6. The molecule has 3 rings (SSSR count). The third-order valence-electron chi connectivity index (χ3n) is 3.94. The zero-order valence-electron chi connectivity index (χ0n) is 16.9. The lowest BCUT2D eigenvalue weighted by Gasteiger charge is -2.19. The molecule has 0 amide bonds. The second kappa shape index (κ2) is 10.7. The van der Waals surface area contributed by atoms with E-state index in [-0.39, 0.29) is 0 Å². The van der Waals surface area contributed by atoms with Crippen LogP contribution in [0.4, 0.5) is 0 Å². The van der Waals surface area contributed by atoms with Crippen LogP contribution in [-0.2, 0) is 20.9 Å². The van der Waals surface area contributed by atoms with Crippen LogP contribution in [0.5, 0.6) is 0 Å². The molecule has 0 aliphatic carbocycles. The smallest absolute Gasteiger partial charge is 0.255 e. The second-order valence-electron chi connectivity index (χ2n) is 6.02. The first-order valence-corrected chi connectivity index (χ1v) is 13.8. The minimum atomic E-state index is -2.65. The highest BCUT2D eigenvalue weighted by molar-refractivity contribution is 8.67. The van der Waals surface area contributed by atoms with Crippen molar-refractivity contribution in [3.63, 3.8) is 0 Å². The Morgan fingerprint density at radius 3 is 2.33 bits per heavy atom. The van der Waals surface area contributed by atoms with Gasteiger partial charge in [-0.15, -0.1) is 10.2 Å². The topological polar surface area (TPSA) is 61.5 Å². The van der Waals surface area contributed by atoms with Crippen molar-refractivity contribution in [3.05, 3.63) is 65.2 Å². The van der Waals surface area contributed by atoms with Crippen molar-refractivity contribution in [2.75, 3.05) is 13.2 Å². The maximum absolute atomic E-state index is 6.43. The molecule has 0 aliphatic rings. The van der Waals surface area contributed by atoms with Crippen LogP contribution in [0.1, 0.15) is 26.3 Å². The maximum atomic E-state index is 6.43. The van der Waals surface area contributed by atoms with Gasteiger partial charge >= 0.3 is 0 Å². The molecule has 0 radical (unpaired) electrons. The van der Waals surface area contributed by atoms with E-state index in [0.717, 1.165) is 16.8 Å². The number of hydrogen-bond donors (Lipinski definition) is 0. The van der Waals surface area contributed by atoms with E-state index >= 15 is 0 Å². The average molecular weight is 481 g/mol. The first-order chi connectivity index (χ1) is 14.5. The highest BCUT2D eigenvalue weighted by Crippen LogP contribution is 2.63. The third kappa shape index (κ3) is 5.58. The summed E-state index contributed by atoms with van der Waals surface area (Å²) in [4.78, 5) is 0. The van der Waals surface area contributed by atoms with Gasteiger partial charge < -0.3 is 9.05 Å². The highest BCUT2D eigenvalue weighted by Gasteiger charge is 2.26. The van der Waals surface area contributed by atoms with Crippen LogP contribution >= 0.6 is 28.7 Å². The van der Waals surface area contributed by atoms with Gasteiger partial charge in [0.05, 0.1) is 23.9 Å². The van der Waals surface area contributed by atoms with Gasteiger partial charge in [0.2, 0.25) is 5.16 Å². The molecule has 0 spiro atoms. The predicted molar refractivity (Wildman–Crippen MR) is 128 cm³/mol. The Bertz CT molecular complexity index is 1070. The molecule has 1 aromatic heterocycles. The standard InChI is InChI=1S/C20H22ClN4O2PS2/c1-4-26-28(29,27-5-2)30-20-23-22-19(17-13-9-10-14-18(17)21)25(20)24-15(3)16-11-7-6-8-12-16/h6-14H,4-5H2,1-3H3/b24-15+. The van der Waals surface area contributed by atoms with Crippen LogP contribution in [-0.4, -0.2) is 33.8 Å². The van der Waals surface area contributed by atoms with Gasteiger partial charge in [-0.3, -0.25) is 0 Å². The van der Waals surface area contributed by atoms with E-state index < -0.39 is 5.69 Å². The summed E-state index contributed by atoms with van der Waals surface area (Å²) < 4.78 is 13.2. The van der Waals surface area contributed by atoms with E-state index in [1.807, 2.05) is 69.3 Å². The summed E-state index contributed by atoms with van der Waals surface area (Å²) in [7, 11) is 0. The van der Waals surface area contributed by atoms with Gasteiger partial charge in [0, 0.05) is 16.9 Å². The van der Waals surface area contributed by atoms with Crippen LogP contribution in [0.3, 0.4) is 0 Å². The Balaban J connectivity index is 2.12. The van der Waals surface area contributed by atoms with Gasteiger partial charge in [0.25, 0.3) is 5.69 Å². The van der Waals surface area contributed by atoms with Crippen molar-refractivity contribution in [1.82, 2.24) is 14.9 Å². The monoisotopic (exact) mass is 480 g/mol. The van der Waals surface area contributed by atoms with Crippen molar-refractivity contribution < 1.29 is 9.05 Å². The molecule has 0 bridgehead atoms. The minimum absolute atomic E-state index is 0.447. The van der Waals surface area contributed by atoms with E-state index in [0.29, 0.717) is 29.2 Å². The lowest BCUT2D eigenvalue weighted by atomic mass is 10.1. The quantitative estimate of drug-likeness (QED) is 0.266. The molecule has 0 saturated heterocycles. The first kappa shape index (κ1) is 23.1. The van der Waals surface area contributed by atoms with Gasteiger partial charge in [-0.2, -0.15) is 9.78 Å². The Labute approximate surface area is 190 Å². The van der Waals surface area contributed by atoms with E-state index in [9.17, 15) is 0 Å². The lowest BCUT2D eigenvalue weighted by molar-refractivity contribution is 0.280. The van der Waals surface area contributed by atoms with Gasteiger partial charge in [-0.25, -0.2) is 0 Å². The highest BCUT2D eigenvalue weighted by atomic mass is 35.5. The van der Waals surface area contributed by atoms with Crippen molar-refractivity contribution in [2.45, 2.75) is 25.9 Å². The third-order valence-corrected chi connectivity index (χ3v) is 9.15. The van der Waals surface area contributed by atoms with Crippen LogP contribution in [0, 0.1) is 0 Å². The van der Waals surface area contributed by atoms with Gasteiger partial charge in [0.15, 0.2) is 5.82 Å². The molecular weight excluding hydrogens is 459 g/mol. The Morgan fingerprint density at radius 2 is 1.70 bits per heavy atom. The van der Waals surface area contributed by atoms with E-state index in [4.69, 9.17) is 37.6 Å². The van der Waals surface area contributed by atoms with E-state index in [1.165, 1.54) is 11.4 Å². The summed E-state index contributed by atoms with van der Waals surface area (Å²) in [5, 5.41) is 14.6. The van der Waals surface area contributed by atoms with Gasteiger partial charge in [-0.05, 0) is 50.3 Å². The molecule has 2 aromatic carbocycles. The van der Waals surface area contributed by atoms with Crippen LogP contribution in [0.25, 0.3) is 11.4 Å². The molecule has 0 unspecified atom stereocenters. The van der Waals surface area contributed by atoms with E-state index in [1.54, 1.807) is 10.7 Å². The predicted octanol–water partition coefficient (Wildman–Crippen LogP) is 6.26. The van der Waals surface area contributed by atoms with Crippen LogP contribution < -0.4 is 0 Å². The van der Waals surface area contributed by atoms with Crippen molar-refractivity contribution in [2.24, 2.45) is 5.10 Å². The Hall–Kier alpha value is -1.54. The summed E-state index contributed by atoms with van der Waals surface area (Å²) >= 11 is 13.3. The fraction of sp³-hybridized carbons (Fsp3) is 0.250. The molecule has 10 heteroatoms. The average Bonchev–Trinajstić information content (AvgIpc) is 3.10. The summed E-state index contributed by atoms with van der Waals surface area (Å²) in [6.45, 7) is 6.60. The summed E-state index contributed by atoms with van der Waals surface area (Å²) in [5.74, 6) is 0.521. The number of benzene rings is 2. The fourth-order valence-corrected chi connectivity index (χ4v) is 7.25. The summed E-state index contributed by atoms with van der Waals surface area (Å²) in [5.41, 5.74) is -0.138.